The third-order valence-corrected chi connectivity index (χ3v) is 4.12. The Morgan fingerprint density at radius 3 is 2.59 bits per heavy atom. The van der Waals surface area contributed by atoms with Crippen LogP contribution < -0.4 is 0 Å². The van der Waals surface area contributed by atoms with E-state index < -0.39 is 23.5 Å². The van der Waals surface area contributed by atoms with Crippen LogP contribution in [0, 0.1) is 12.7 Å². The average molecular weight is 378 g/mol. The molecular formula is C19H14F4N2O2. The van der Waals surface area contributed by atoms with Crippen molar-refractivity contribution in [2.45, 2.75) is 19.6 Å². The molecule has 0 spiro atoms. The van der Waals surface area contributed by atoms with Crippen LogP contribution in [0.3, 0.4) is 0 Å². The van der Waals surface area contributed by atoms with E-state index in [1.165, 1.54) is 29.0 Å². The Morgan fingerprint density at radius 2 is 1.96 bits per heavy atom. The number of carboxylic acid groups (broad SMARTS) is 1. The minimum Gasteiger partial charge on any atom is -0.478 e. The number of hydrogen-bond donors (Lipinski definition) is 1. The van der Waals surface area contributed by atoms with Gasteiger partial charge < -0.3 is 5.11 Å². The van der Waals surface area contributed by atoms with Crippen LogP contribution in [0.25, 0.3) is 17.0 Å². The van der Waals surface area contributed by atoms with Gasteiger partial charge in [-0.15, -0.1) is 0 Å². The van der Waals surface area contributed by atoms with Gasteiger partial charge in [-0.05, 0) is 54.5 Å². The molecule has 8 heteroatoms. The smallest absolute Gasteiger partial charge is 0.416 e. The van der Waals surface area contributed by atoms with Crippen LogP contribution in [0.5, 0.6) is 0 Å². The number of fused-ring (bicyclic) bond motifs is 1. The number of aryl methyl sites for hydroxylation is 1. The molecule has 0 aliphatic carbocycles. The van der Waals surface area contributed by atoms with Gasteiger partial charge in [-0.2, -0.15) is 18.3 Å². The quantitative estimate of drug-likeness (QED) is 0.531. The van der Waals surface area contributed by atoms with Crippen LogP contribution in [-0.4, -0.2) is 20.9 Å². The second kappa shape index (κ2) is 6.86. The Hall–Kier alpha value is -3.16. The van der Waals surface area contributed by atoms with Gasteiger partial charge in [0.15, 0.2) is 0 Å². The summed E-state index contributed by atoms with van der Waals surface area (Å²) in [5.74, 6) is -1.61. The van der Waals surface area contributed by atoms with Gasteiger partial charge in [-0.25, -0.2) is 9.18 Å². The molecule has 0 aliphatic heterocycles. The van der Waals surface area contributed by atoms with E-state index in [0.29, 0.717) is 16.5 Å². The summed E-state index contributed by atoms with van der Waals surface area (Å²) in [6.45, 7) is 1.81. The standard InChI is InChI=1S/C19H14F4N2O2/c1-11-8-14(20)4-2-12(11)10-25-17-9-13(19(21,22)23)3-5-15(17)16(24-25)6-7-18(26)27/h2-9H,10H2,1H3,(H,26,27)/b7-6+. The fourth-order valence-electron chi connectivity index (χ4n) is 2.77. The summed E-state index contributed by atoms with van der Waals surface area (Å²) in [6.07, 6.45) is -2.43. The first-order valence-electron chi connectivity index (χ1n) is 7.89. The first-order valence-corrected chi connectivity index (χ1v) is 7.89. The number of aliphatic carboxylic acids is 1. The molecule has 4 nitrogen and oxygen atoms in total. The molecule has 0 saturated heterocycles. The first-order chi connectivity index (χ1) is 12.6. The zero-order valence-electron chi connectivity index (χ0n) is 14.1. The van der Waals surface area contributed by atoms with Crippen molar-refractivity contribution >= 4 is 22.9 Å². The van der Waals surface area contributed by atoms with Crippen molar-refractivity contribution in [1.29, 1.82) is 0 Å². The van der Waals surface area contributed by atoms with Gasteiger partial charge in [0.25, 0.3) is 0 Å². The molecular weight excluding hydrogens is 364 g/mol. The predicted molar refractivity (Wildman–Crippen MR) is 91.6 cm³/mol. The summed E-state index contributed by atoms with van der Waals surface area (Å²) in [4.78, 5) is 10.8. The number of carbonyl (C=O) groups is 1. The SMILES string of the molecule is Cc1cc(F)ccc1Cn1nc(/C=C/C(=O)O)c2ccc(C(F)(F)F)cc21. The lowest BCUT2D eigenvalue weighted by atomic mass is 10.1. The van der Waals surface area contributed by atoms with Gasteiger partial charge in [0.2, 0.25) is 0 Å². The van der Waals surface area contributed by atoms with E-state index >= 15 is 0 Å². The molecule has 3 rings (SSSR count). The van der Waals surface area contributed by atoms with Crippen LogP contribution in [0.1, 0.15) is 22.4 Å². The molecule has 1 aromatic heterocycles. The number of rotatable bonds is 4. The van der Waals surface area contributed by atoms with E-state index in [2.05, 4.69) is 5.10 Å². The van der Waals surface area contributed by atoms with Crippen molar-refractivity contribution in [3.05, 3.63) is 70.7 Å². The van der Waals surface area contributed by atoms with E-state index in [1.807, 2.05) is 0 Å². The zero-order chi connectivity index (χ0) is 19.8. The highest BCUT2D eigenvalue weighted by Gasteiger charge is 2.31. The lowest BCUT2D eigenvalue weighted by Gasteiger charge is -2.09. The molecule has 27 heavy (non-hydrogen) atoms. The van der Waals surface area contributed by atoms with Crippen LogP contribution in [0.2, 0.25) is 0 Å². The van der Waals surface area contributed by atoms with Crippen LogP contribution in [0.4, 0.5) is 17.6 Å². The third-order valence-electron chi connectivity index (χ3n) is 4.12. The molecule has 0 amide bonds. The summed E-state index contributed by atoms with van der Waals surface area (Å²) < 4.78 is 53.9. The minimum absolute atomic E-state index is 0.116. The Labute approximate surface area is 151 Å². The molecule has 140 valence electrons. The summed E-state index contributed by atoms with van der Waals surface area (Å²) in [5.41, 5.74) is 0.931. The summed E-state index contributed by atoms with van der Waals surface area (Å²) in [7, 11) is 0. The lowest BCUT2D eigenvalue weighted by molar-refractivity contribution is -0.137. The summed E-state index contributed by atoms with van der Waals surface area (Å²) in [5, 5.41) is 13.4. The topological polar surface area (TPSA) is 55.1 Å². The normalized spacial score (nSPS) is 12.2. The van der Waals surface area contributed by atoms with Gasteiger partial charge in [-0.3, -0.25) is 4.68 Å². The van der Waals surface area contributed by atoms with Crippen molar-refractivity contribution in [3.8, 4) is 0 Å². The summed E-state index contributed by atoms with van der Waals surface area (Å²) >= 11 is 0. The second-order valence-corrected chi connectivity index (χ2v) is 6.01. The van der Waals surface area contributed by atoms with E-state index in [0.717, 1.165) is 18.2 Å². The Bertz CT molecular complexity index is 1050. The van der Waals surface area contributed by atoms with Crippen LogP contribution >= 0.6 is 0 Å². The van der Waals surface area contributed by atoms with Crippen molar-refractivity contribution in [2.75, 3.05) is 0 Å². The largest absolute Gasteiger partial charge is 0.478 e. The first kappa shape index (κ1) is 18.6. The van der Waals surface area contributed by atoms with E-state index in [-0.39, 0.29) is 17.8 Å². The van der Waals surface area contributed by atoms with E-state index in [4.69, 9.17) is 5.11 Å². The van der Waals surface area contributed by atoms with Gasteiger partial charge in [0.05, 0.1) is 23.3 Å². The number of halogens is 4. The van der Waals surface area contributed by atoms with E-state index in [1.54, 1.807) is 13.0 Å². The molecule has 0 aliphatic rings. The second-order valence-electron chi connectivity index (χ2n) is 6.01. The van der Waals surface area contributed by atoms with Gasteiger partial charge >= 0.3 is 12.1 Å². The number of aromatic nitrogens is 2. The van der Waals surface area contributed by atoms with Crippen LogP contribution in [0.15, 0.2) is 42.5 Å². The third kappa shape index (κ3) is 3.99. The highest BCUT2D eigenvalue weighted by atomic mass is 19.4. The average Bonchev–Trinajstić information content (AvgIpc) is 2.92. The van der Waals surface area contributed by atoms with Gasteiger partial charge in [0, 0.05) is 11.5 Å². The Kier molecular flexibility index (Phi) is 4.73. The summed E-state index contributed by atoms with van der Waals surface area (Å²) in [6, 6.07) is 7.29. The van der Waals surface area contributed by atoms with Crippen LogP contribution in [-0.2, 0) is 17.5 Å². The van der Waals surface area contributed by atoms with Gasteiger partial charge in [0.1, 0.15) is 5.82 Å². The van der Waals surface area contributed by atoms with Crippen molar-refractivity contribution < 1.29 is 27.5 Å². The zero-order valence-corrected chi connectivity index (χ0v) is 14.1. The van der Waals surface area contributed by atoms with Crippen molar-refractivity contribution in [1.82, 2.24) is 9.78 Å². The molecule has 0 saturated carbocycles. The number of nitrogens with zero attached hydrogens (tertiary/aromatic N) is 2. The minimum atomic E-state index is -4.52. The monoisotopic (exact) mass is 378 g/mol. The highest BCUT2D eigenvalue weighted by Crippen LogP contribution is 2.32. The Morgan fingerprint density at radius 1 is 1.22 bits per heavy atom. The number of alkyl halides is 3. The highest BCUT2D eigenvalue weighted by molar-refractivity contribution is 5.92. The predicted octanol–water partition coefficient (Wildman–Crippen LogP) is 4.65. The molecule has 0 fully saturated rings. The maximum Gasteiger partial charge on any atom is 0.416 e. The van der Waals surface area contributed by atoms with Gasteiger partial charge in [-0.1, -0.05) is 6.07 Å². The fraction of sp³-hybridized carbons (Fsp3) is 0.158. The number of carboxylic acids is 1. The molecule has 1 N–H and O–H groups in total. The molecule has 2 aromatic carbocycles. The van der Waals surface area contributed by atoms with Crippen molar-refractivity contribution in [2.24, 2.45) is 0 Å². The molecule has 0 atom stereocenters. The number of benzene rings is 2. The Balaban J connectivity index is 2.15. The lowest BCUT2D eigenvalue weighted by Crippen LogP contribution is -2.07. The maximum absolute atomic E-state index is 13.3. The van der Waals surface area contributed by atoms with E-state index in [9.17, 15) is 22.4 Å². The van der Waals surface area contributed by atoms with Crippen molar-refractivity contribution in [3.63, 3.8) is 0 Å². The maximum atomic E-state index is 13.3. The molecule has 0 unspecified atom stereocenters. The molecule has 1 heterocycles. The molecule has 0 radical (unpaired) electrons. The molecule has 0 bridgehead atoms. The molecule has 3 aromatic rings. The fourth-order valence-corrected chi connectivity index (χ4v) is 2.77. The number of hydrogen-bond acceptors (Lipinski definition) is 2.